The molecule has 7 rings (SSSR count). The van der Waals surface area contributed by atoms with Gasteiger partial charge in [0, 0.05) is 64.7 Å². The van der Waals surface area contributed by atoms with Gasteiger partial charge in [-0.05, 0) is 50.7 Å². The van der Waals surface area contributed by atoms with Crippen molar-refractivity contribution in [2.75, 3.05) is 80.2 Å². The first-order valence-corrected chi connectivity index (χ1v) is 16.3. The van der Waals surface area contributed by atoms with E-state index in [9.17, 15) is 9.90 Å². The van der Waals surface area contributed by atoms with Gasteiger partial charge >= 0.3 is 0 Å². The van der Waals surface area contributed by atoms with Crippen molar-refractivity contribution in [1.29, 1.82) is 0 Å². The van der Waals surface area contributed by atoms with E-state index in [-0.39, 0.29) is 30.6 Å². The molecule has 14 nitrogen and oxygen atoms in total. The number of carbonyl (C=O) groups excluding carboxylic acids is 1. The number of morpholine rings is 1. The highest BCUT2D eigenvalue weighted by Crippen LogP contribution is 2.40. The van der Waals surface area contributed by atoms with Crippen molar-refractivity contribution >= 4 is 40.1 Å². The number of aromatic nitrogens is 4. The van der Waals surface area contributed by atoms with Crippen molar-refractivity contribution < 1.29 is 24.1 Å². The molecule has 1 aliphatic carbocycles. The SMILES string of the molecule is CN(C)C(=O)CN1c2cnc(N[C@H]3CC[C@@H](Oc4nc(N5CCOCC5)cc5ncccc45)CC3)nc2N(C2CCOCC2)C1O. The van der Waals surface area contributed by atoms with Gasteiger partial charge in [0.2, 0.25) is 24.1 Å². The summed E-state index contributed by atoms with van der Waals surface area (Å²) in [7, 11) is 3.42. The minimum atomic E-state index is -0.999. The van der Waals surface area contributed by atoms with E-state index in [0.717, 1.165) is 68.3 Å². The molecule has 3 fully saturated rings. The Morgan fingerprint density at radius 1 is 1.04 bits per heavy atom. The summed E-state index contributed by atoms with van der Waals surface area (Å²) in [6, 6.07) is 6.21. The number of hydrogen-bond acceptors (Lipinski definition) is 13. The number of nitrogens with one attached hydrogen (secondary N) is 1. The predicted molar refractivity (Wildman–Crippen MR) is 173 cm³/mol. The second-order valence-electron chi connectivity index (χ2n) is 12.6. The van der Waals surface area contributed by atoms with Crippen LogP contribution in [0.1, 0.15) is 38.5 Å². The summed E-state index contributed by atoms with van der Waals surface area (Å²) in [4.78, 5) is 39.0. The topological polar surface area (TPSA) is 142 Å². The zero-order valence-electron chi connectivity index (χ0n) is 26.5. The summed E-state index contributed by atoms with van der Waals surface area (Å²) < 4.78 is 17.7. The fourth-order valence-corrected chi connectivity index (χ4v) is 6.73. The second-order valence-corrected chi connectivity index (χ2v) is 12.6. The maximum atomic E-state index is 12.6. The Morgan fingerprint density at radius 2 is 1.80 bits per heavy atom. The molecular weight excluding hydrogens is 590 g/mol. The highest BCUT2D eigenvalue weighted by atomic mass is 16.5. The van der Waals surface area contributed by atoms with E-state index < -0.39 is 6.35 Å². The first kappa shape index (κ1) is 30.6. The smallest absolute Gasteiger partial charge is 0.241 e. The molecule has 0 bridgehead atoms. The van der Waals surface area contributed by atoms with Gasteiger partial charge in [0.25, 0.3) is 0 Å². The average Bonchev–Trinajstić information content (AvgIpc) is 3.36. The molecule has 3 aromatic rings. The van der Waals surface area contributed by atoms with Crippen molar-refractivity contribution in [3.05, 3.63) is 30.6 Å². The quantitative estimate of drug-likeness (QED) is 0.375. The Kier molecular flexibility index (Phi) is 8.91. The first-order chi connectivity index (χ1) is 22.4. The molecule has 46 heavy (non-hydrogen) atoms. The molecule has 4 aliphatic rings. The van der Waals surface area contributed by atoms with Crippen LogP contribution in [-0.4, -0.2) is 121 Å². The zero-order valence-corrected chi connectivity index (χ0v) is 26.5. The van der Waals surface area contributed by atoms with Gasteiger partial charge in [0.05, 0.1) is 30.3 Å². The summed E-state index contributed by atoms with van der Waals surface area (Å²) in [6.07, 6.45) is 7.62. The highest BCUT2D eigenvalue weighted by Gasteiger charge is 2.42. The molecule has 0 spiro atoms. The largest absolute Gasteiger partial charge is 0.474 e. The number of ether oxygens (including phenoxy) is 3. The molecule has 1 amide bonds. The lowest BCUT2D eigenvalue weighted by Gasteiger charge is -2.36. The number of aliphatic hydroxyl groups excluding tert-OH is 1. The van der Waals surface area contributed by atoms with Crippen LogP contribution >= 0.6 is 0 Å². The van der Waals surface area contributed by atoms with E-state index in [1.54, 1.807) is 31.4 Å². The Hall–Kier alpha value is -4.01. The molecule has 3 aromatic heterocycles. The normalized spacial score (nSPS) is 23.8. The molecule has 0 radical (unpaired) electrons. The van der Waals surface area contributed by atoms with E-state index in [2.05, 4.69) is 20.2 Å². The van der Waals surface area contributed by atoms with Crippen LogP contribution in [0.25, 0.3) is 10.9 Å². The Labute approximate surface area is 268 Å². The van der Waals surface area contributed by atoms with Crippen molar-refractivity contribution in [2.45, 2.75) is 63.1 Å². The van der Waals surface area contributed by atoms with Crippen molar-refractivity contribution in [2.24, 2.45) is 0 Å². The average molecular weight is 634 g/mol. The molecule has 3 aliphatic heterocycles. The summed E-state index contributed by atoms with van der Waals surface area (Å²) in [5.41, 5.74) is 1.54. The number of nitrogens with zero attached hydrogens (tertiary/aromatic N) is 8. The Balaban J connectivity index is 1.03. The molecule has 1 atom stereocenters. The molecule has 1 saturated carbocycles. The summed E-state index contributed by atoms with van der Waals surface area (Å²) in [5, 5.41) is 15.9. The minimum absolute atomic E-state index is 0.0383. The predicted octanol–water partition coefficient (Wildman–Crippen LogP) is 2.23. The van der Waals surface area contributed by atoms with Crippen LogP contribution in [0, 0.1) is 0 Å². The van der Waals surface area contributed by atoms with Crippen LogP contribution in [0.5, 0.6) is 5.88 Å². The number of carbonyl (C=O) groups is 1. The molecule has 2 N–H and O–H groups in total. The summed E-state index contributed by atoms with van der Waals surface area (Å²) >= 11 is 0. The van der Waals surface area contributed by atoms with E-state index in [0.29, 0.717) is 49.8 Å². The molecule has 6 heterocycles. The Morgan fingerprint density at radius 3 is 2.57 bits per heavy atom. The fourth-order valence-electron chi connectivity index (χ4n) is 6.73. The van der Waals surface area contributed by atoms with Crippen molar-refractivity contribution in [3.8, 4) is 5.88 Å². The van der Waals surface area contributed by atoms with E-state index >= 15 is 0 Å². The first-order valence-electron chi connectivity index (χ1n) is 16.3. The number of hydrogen-bond donors (Lipinski definition) is 2. The molecule has 246 valence electrons. The monoisotopic (exact) mass is 633 g/mol. The molecule has 2 saturated heterocycles. The fraction of sp³-hybridized carbons (Fsp3) is 0.594. The lowest BCUT2D eigenvalue weighted by molar-refractivity contribution is -0.127. The maximum Gasteiger partial charge on any atom is 0.241 e. The molecular formula is C32H43N9O5. The van der Waals surface area contributed by atoms with Gasteiger partial charge in [-0.3, -0.25) is 9.78 Å². The molecule has 14 heteroatoms. The number of pyridine rings is 2. The highest BCUT2D eigenvalue weighted by molar-refractivity contribution is 5.86. The number of amides is 1. The van der Waals surface area contributed by atoms with Gasteiger partial charge < -0.3 is 44.2 Å². The van der Waals surface area contributed by atoms with E-state index in [1.165, 1.54) is 4.90 Å². The number of fused-ring (bicyclic) bond motifs is 2. The van der Waals surface area contributed by atoms with Gasteiger partial charge in [-0.1, -0.05) is 0 Å². The third-order valence-corrected chi connectivity index (χ3v) is 9.39. The molecule has 1 unspecified atom stereocenters. The van der Waals surface area contributed by atoms with Crippen LogP contribution in [0.15, 0.2) is 30.6 Å². The second kappa shape index (κ2) is 13.4. The lowest BCUT2D eigenvalue weighted by Crippen LogP contribution is -2.52. The van der Waals surface area contributed by atoms with Gasteiger partial charge in [0.15, 0.2) is 5.82 Å². The maximum absolute atomic E-state index is 12.6. The third-order valence-electron chi connectivity index (χ3n) is 9.39. The van der Waals surface area contributed by atoms with Crippen LogP contribution < -0.4 is 24.8 Å². The number of rotatable bonds is 8. The van der Waals surface area contributed by atoms with Crippen LogP contribution in [-0.2, 0) is 14.3 Å². The van der Waals surface area contributed by atoms with Gasteiger partial charge in [-0.25, -0.2) is 4.98 Å². The van der Waals surface area contributed by atoms with Gasteiger partial charge in [0.1, 0.15) is 24.2 Å². The number of likely N-dealkylation sites (N-methyl/N-ethyl adjacent to an activating group) is 1. The summed E-state index contributed by atoms with van der Waals surface area (Å²) in [6.45, 7) is 4.25. The van der Waals surface area contributed by atoms with Crippen LogP contribution in [0.3, 0.4) is 0 Å². The van der Waals surface area contributed by atoms with Crippen LogP contribution in [0.2, 0.25) is 0 Å². The lowest BCUT2D eigenvalue weighted by atomic mass is 9.93. The number of aliphatic hydroxyl groups is 1. The van der Waals surface area contributed by atoms with E-state index in [4.69, 9.17) is 24.2 Å². The van der Waals surface area contributed by atoms with Crippen molar-refractivity contribution in [3.63, 3.8) is 0 Å². The number of anilines is 4. The minimum Gasteiger partial charge on any atom is -0.474 e. The molecule has 0 aromatic carbocycles. The summed E-state index contributed by atoms with van der Waals surface area (Å²) in [5.74, 6) is 2.57. The third kappa shape index (κ3) is 6.33. The van der Waals surface area contributed by atoms with Crippen molar-refractivity contribution in [1.82, 2.24) is 24.8 Å². The van der Waals surface area contributed by atoms with Crippen LogP contribution in [0.4, 0.5) is 23.3 Å². The van der Waals surface area contributed by atoms with Gasteiger partial charge in [-0.15, -0.1) is 0 Å². The standard InChI is InChI=1S/C32H43N9O5/c1-38(2)28(42)20-40-26-19-34-31(37-29(26)41(32(40)43)22-9-14-44-15-10-22)35-21-5-7-23(8-6-21)46-30-24-4-3-11-33-25(24)18-27(36-30)39-12-16-45-17-13-39/h3-4,11,18-19,21-23,32,43H,5-10,12-17,20H2,1-2H3,(H,34,35,37)/t21-,23+,32?. The zero-order chi connectivity index (χ0) is 31.6. The Bertz CT molecular complexity index is 1520. The van der Waals surface area contributed by atoms with Gasteiger partial charge in [-0.2, -0.15) is 9.97 Å². The van der Waals surface area contributed by atoms with E-state index in [1.807, 2.05) is 23.1 Å².